The van der Waals surface area contributed by atoms with Gasteiger partial charge in [-0.05, 0) is 29.8 Å². The van der Waals surface area contributed by atoms with Crippen molar-refractivity contribution >= 4 is 23.4 Å². The van der Waals surface area contributed by atoms with E-state index in [1.807, 2.05) is 54.6 Å². The molecule has 2 heterocycles. The van der Waals surface area contributed by atoms with Gasteiger partial charge in [-0.15, -0.1) is 0 Å². The largest absolute Gasteiger partial charge is 0.493 e. The Labute approximate surface area is 172 Å². The Morgan fingerprint density at radius 1 is 0.967 bits per heavy atom. The van der Waals surface area contributed by atoms with Crippen LogP contribution >= 0.6 is 0 Å². The fourth-order valence-electron chi connectivity index (χ4n) is 3.75. The van der Waals surface area contributed by atoms with E-state index in [1.54, 1.807) is 25.3 Å². The van der Waals surface area contributed by atoms with Gasteiger partial charge in [0.25, 0.3) is 11.5 Å². The quantitative estimate of drug-likeness (QED) is 0.439. The number of hydrogen-bond acceptors (Lipinski definition) is 5. The average Bonchev–Trinajstić information content (AvgIpc) is 2.78. The Morgan fingerprint density at radius 3 is 2.57 bits per heavy atom. The molecule has 0 amide bonds. The maximum atomic E-state index is 11.1. The molecule has 3 aromatic rings. The first kappa shape index (κ1) is 18.0. The van der Waals surface area contributed by atoms with Crippen molar-refractivity contribution in [3.8, 4) is 17.2 Å². The summed E-state index contributed by atoms with van der Waals surface area (Å²) in [4.78, 5) is 10.7. The average molecular weight is 399 g/mol. The molecule has 5 rings (SSSR count). The number of non-ortho nitro benzene ring substituents is 1. The highest BCUT2D eigenvalue weighted by molar-refractivity contribution is 5.92. The van der Waals surface area contributed by atoms with Crippen LogP contribution in [0.25, 0.3) is 17.7 Å². The molecule has 0 fully saturated rings. The molecule has 1 spiro atoms. The molecule has 1 atom stereocenters. The van der Waals surface area contributed by atoms with Crippen molar-refractivity contribution in [3.05, 3.63) is 99.6 Å². The summed E-state index contributed by atoms with van der Waals surface area (Å²) >= 11 is 0. The molecule has 0 aliphatic carbocycles. The molecule has 0 saturated carbocycles. The number of hydrogen-bond donors (Lipinski definition) is 0. The molecule has 30 heavy (non-hydrogen) atoms. The number of para-hydroxylation sites is 1. The van der Waals surface area contributed by atoms with E-state index < -0.39 is 10.7 Å². The van der Waals surface area contributed by atoms with Crippen molar-refractivity contribution in [1.29, 1.82) is 0 Å². The van der Waals surface area contributed by atoms with Gasteiger partial charge in [-0.3, -0.25) is 10.1 Å². The monoisotopic (exact) mass is 399 g/mol. The number of ether oxygens (including phenoxy) is 3. The van der Waals surface area contributed by atoms with E-state index >= 15 is 0 Å². The van der Waals surface area contributed by atoms with Gasteiger partial charge in [-0.1, -0.05) is 42.5 Å². The summed E-state index contributed by atoms with van der Waals surface area (Å²) in [6, 6.07) is 20.0. The molecule has 0 aromatic heterocycles. The molecule has 3 aromatic carbocycles. The number of rotatable bonds is 3. The molecule has 0 N–H and O–H groups in total. The van der Waals surface area contributed by atoms with E-state index in [9.17, 15) is 10.1 Å². The highest BCUT2D eigenvalue weighted by Gasteiger charge is 2.44. The lowest BCUT2D eigenvalue weighted by atomic mass is 9.90. The number of methoxy groups -OCH3 is 1. The second-order valence-electron chi connectivity index (χ2n) is 6.99. The first-order valence-electron chi connectivity index (χ1n) is 9.40. The van der Waals surface area contributed by atoms with E-state index in [-0.39, 0.29) is 5.69 Å². The van der Waals surface area contributed by atoms with Crippen LogP contribution in [0.1, 0.15) is 16.7 Å². The molecule has 0 radical (unpaired) electrons. The van der Waals surface area contributed by atoms with Crippen LogP contribution < -0.4 is 14.2 Å². The predicted molar refractivity (Wildman–Crippen MR) is 113 cm³/mol. The van der Waals surface area contributed by atoms with Gasteiger partial charge in [0.1, 0.15) is 5.75 Å². The molecule has 2 aliphatic heterocycles. The first-order valence-corrected chi connectivity index (χ1v) is 9.40. The molecule has 1 unspecified atom stereocenters. The Kier molecular flexibility index (Phi) is 4.06. The minimum absolute atomic E-state index is 0.00773. The van der Waals surface area contributed by atoms with E-state index in [4.69, 9.17) is 14.2 Å². The molecule has 0 bridgehead atoms. The van der Waals surface area contributed by atoms with Crippen molar-refractivity contribution in [2.45, 2.75) is 5.79 Å². The van der Waals surface area contributed by atoms with E-state index in [0.29, 0.717) is 22.8 Å². The predicted octanol–water partition coefficient (Wildman–Crippen LogP) is 5.34. The fraction of sp³-hybridized carbons (Fsp3) is 0.0833. The summed E-state index contributed by atoms with van der Waals surface area (Å²) in [5.41, 5.74) is 3.28. The zero-order chi connectivity index (χ0) is 20.7. The summed E-state index contributed by atoms with van der Waals surface area (Å²) in [6.07, 6.45) is 5.60. The Bertz CT molecular complexity index is 1220. The number of nitrogens with zero attached hydrogens (tertiary/aromatic N) is 1. The molecule has 0 saturated heterocycles. The summed E-state index contributed by atoms with van der Waals surface area (Å²) < 4.78 is 18.3. The number of nitro groups is 1. The Balaban J connectivity index is 1.68. The van der Waals surface area contributed by atoms with Crippen LogP contribution in [0.5, 0.6) is 17.2 Å². The van der Waals surface area contributed by atoms with E-state index in [0.717, 1.165) is 16.7 Å². The van der Waals surface area contributed by atoms with Gasteiger partial charge in [0, 0.05) is 34.9 Å². The molecule has 6 heteroatoms. The summed E-state index contributed by atoms with van der Waals surface area (Å²) in [5, 5.41) is 11.1. The molecular weight excluding hydrogens is 382 g/mol. The SMILES string of the molecule is COc1cccc2c1OC1(C=Cc3cc([N+](=O)[O-])ccc3O1)C(c1ccccc1)=C2. The van der Waals surface area contributed by atoms with Crippen molar-refractivity contribution in [3.63, 3.8) is 0 Å². The second kappa shape index (κ2) is 6.77. The lowest BCUT2D eigenvalue weighted by Gasteiger charge is -2.40. The number of nitro benzene ring substituents is 1. The first-order chi connectivity index (χ1) is 14.6. The summed E-state index contributed by atoms with van der Waals surface area (Å²) in [5.74, 6) is 0.450. The second-order valence-corrected chi connectivity index (χ2v) is 6.99. The lowest BCUT2D eigenvalue weighted by molar-refractivity contribution is -0.384. The van der Waals surface area contributed by atoms with Gasteiger partial charge in [-0.25, -0.2) is 0 Å². The van der Waals surface area contributed by atoms with E-state index in [2.05, 4.69) is 0 Å². The van der Waals surface area contributed by atoms with Crippen molar-refractivity contribution in [1.82, 2.24) is 0 Å². The standard InChI is InChI=1S/C24H17NO5/c1-28-22-9-5-8-18-15-20(16-6-3-2-4-7-16)24(30-23(18)22)13-12-17-14-19(25(26)27)10-11-21(17)29-24/h2-15H,1H3. The molecule has 6 nitrogen and oxygen atoms in total. The van der Waals surface area contributed by atoms with Crippen molar-refractivity contribution in [2.24, 2.45) is 0 Å². The van der Waals surface area contributed by atoms with Crippen molar-refractivity contribution < 1.29 is 19.1 Å². The number of fused-ring (bicyclic) bond motifs is 2. The third-order valence-corrected chi connectivity index (χ3v) is 5.19. The number of benzene rings is 3. The highest BCUT2D eigenvalue weighted by Crippen LogP contribution is 2.48. The minimum Gasteiger partial charge on any atom is -0.493 e. The van der Waals surface area contributed by atoms with Gasteiger partial charge >= 0.3 is 0 Å². The smallest absolute Gasteiger partial charge is 0.299 e. The summed E-state index contributed by atoms with van der Waals surface area (Å²) in [6.45, 7) is 0. The van der Waals surface area contributed by atoms with Crippen molar-refractivity contribution in [2.75, 3.05) is 7.11 Å². The van der Waals surface area contributed by atoms with Crippen LogP contribution in [0.4, 0.5) is 5.69 Å². The zero-order valence-corrected chi connectivity index (χ0v) is 16.1. The third kappa shape index (κ3) is 2.81. The molecular formula is C24H17NO5. The normalized spacial score (nSPS) is 18.5. The van der Waals surface area contributed by atoms with Crippen LogP contribution in [0.15, 0.2) is 72.8 Å². The van der Waals surface area contributed by atoms with Gasteiger partial charge < -0.3 is 14.2 Å². The van der Waals surface area contributed by atoms with Crippen LogP contribution in [0.2, 0.25) is 0 Å². The van der Waals surface area contributed by atoms with Crippen LogP contribution in [-0.4, -0.2) is 17.8 Å². The van der Waals surface area contributed by atoms with Gasteiger partial charge in [-0.2, -0.15) is 0 Å². The van der Waals surface area contributed by atoms with E-state index in [1.165, 1.54) is 12.1 Å². The van der Waals surface area contributed by atoms with Gasteiger partial charge in [0.15, 0.2) is 11.5 Å². The summed E-state index contributed by atoms with van der Waals surface area (Å²) in [7, 11) is 1.59. The van der Waals surface area contributed by atoms with Crippen LogP contribution in [0, 0.1) is 10.1 Å². The Morgan fingerprint density at radius 2 is 1.80 bits per heavy atom. The van der Waals surface area contributed by atoms with Crippen LogP contribution in [0.3, 0.4) is 0 Å². The lowest BCUT2D eigenvalue weighted by Crippen LogP contribution is -2.44. The third-order valence-electron chi connectivity index (χ3n) is 5.19. The zero-order valence-electron chi connectivity index (χ0n) is 16.1. The van der Waals surface area contributed by atoms with Gasteiger partial charge in [0.05, 0.1) is 12.0 Å². The van der Waals surface area contributed by atoms with Gasteiger partial charge in [0.2, 0.25) is 0 Å². The maximum absolute atomic E-state index is 11.1. The minimum atomic E-state index is -1.23. The topological polar surface area (TPSA) is 70.8 Å². The Hall–Kier alpha value is -4.06. The fourth-order valence-corrected chi connectivity index (χ4v) is 3.75. The molecule has 148 valence electrons. The maximum Gasteiger partial charge on any atom is 0.299 e. The molecule has 2 aliphatic rings. The van der Waals surface area contributed by atoms with Crippen LogP contribution in [-0.2, 0) is 0 Å². The highest BCUT2D eigenvalue weighted by atomic mass is 16.7.